The summed E-state index contributed by atoms with van der Waals surface area (Å²) < 4.78 is 19.6. The van der Waals surface area contributed by atoms with E-state index in [0.29, 0.717) is 36.9 Å². The van der Waals surface area contributed by atoms with E-state index in [-0.39, 0.29) is 23.6 Å². The first kappa shape index (κ1) is 22.3. The Labute approximate surface area is 182 Å². The topological polar surface area (TPSA) is 58.6 Å². The van der Waals surface area contributed by atoms with Crippen molar-refractivity contribution in [3.63, 3.8) is 0 Å². The van der Waals surface area contributed by atoms with Gasteiger partial charge >= 0.3 is 0 Å². The van der Waals surface area contributed by atoms with Crippen LogP contribution in [-0.4, -0.2) is 46.5 Å². The van der Waals surface area contributed by atoms with E-state index in [0.717, 1.165) is 12.8 Å². The number of carbonyl (C=O) groups excluding carboxylic acids is 1. The number of halogens is 2. The molecule has 1 fully saturated rings. The minimum absolute atomic E-state index is 0.0518. The SMILES string of the molecule is CCCCCCC(=O)N1CCN(c2cc(Oc3ccc(Cl)cc3F)ncn2)CC1C. The molecular weight excluding hydrogens is 407 g/mol. The standard InChI is InChI=1S/C22H28ClFN4O2/c1-3-4-5-6-7-22(29)28-11-10-27(14-16(28)2)20-13-21(26-15-25-20)30-19-9-8-17(23)12-18(19)24/h8-9,12-13,15-16H,3-7,10-11,14H2,1-2H3. The Kier molecular flexibility index (Phi) is 7.85. The van der Waals surface area contributed by atoms with Gasteiger partial charge in [-0.2, -0.15) is 0 Å². The Balaban J connectivity index is 1.60. The molecule has 0 N–H and O–H groups in total. The Morgan fingerprint density at radius 1 is 1.23 bits per heavy atom. The van der Waals surface area contributed by atoms with E-state index in [9.17, 15) is 9.18 Å². The summed E-state index contributed by atoms with van der Waals surface area (Å²) in [5, 5.41) is 0.301. The first-order chi connectivity index (χ1) is 14.5. The van der Waals surface area contributed by atoms with Gasteiger partial charge in [0, 0.05) is 43.2 Å². The molecule has 1 amide bonds. The van der Waals surface area contributed by atoms with E-state index in [1.807, 2.05) is 4.90 Å². The molecule has 8 heteroatoms. The summed E-state index contributed by atoms with van der Waals surface area (Å²) in [6, 6.07) is 5.99. The van der Waals surface area contributed by atoms with Crippen molar-refractivity contribution in [2.45, 2.75) is 52.0 Å². The summed E-state index contributed by atoms with van der Waals surface area (Å²) >= 11 is 5.78. The highest BCUT2D eigenvalue weighted by Crippen LogP contribution is 2.27. The number of nitrogens with zero attached hydrogens (tertiary/aromatic N) is 4. The van der Waals surface area contributed by atoms with Gasteiger partial charge in [0.25, 0.3) is 0 Å². The second kappa shape index (κ2) is 10.6. The van der Waals surface area contributed by atoms with Gasteiger partial charge in [0.05, 0.1) is 0 Å². The maximum Gasteiger partial charge on any atom is 0.224 e. The number of hydrogen-bond donors (Lipinski definition) is 0. The number of aromatic nitrogens is 2. The van der Waals surface area contributed by atoms with E-state index in [4.69, 9.17) is 16.3 Å². The van der Waals surface area contributed by atoms with Crippen LogP contribution in [0.2, 0.25) is 5.02 Å². The molecule has 162 valence electrons. The maximum atomic E-state index is 14.0. The van der Waals surface area contributed by atoms with Crippen molar-refractivity contribution in [1.29, 1.82) is 0 Å². The van der Waals surface area contributed by atoms with Crippen molar-refractivity contribution >= 4 is 23.3 Å². The number of anilines is 1. The lowest BCUT2D eigenvalue weighted by atomic mass is 10.1. The fourth-order valence-electron chi connectivity index (χ4n) is 3.61. The van der Waals surface area contributed by atoms with Crippen LogP contribution in [0.5, 0.6) is 11.6 Å². The van der Waals surface area contributed by atoms with Crippen molar-refractivity contribution in [3.05, 3.63) is 41.4 Å². The Morgan fingerprint density at radius 2 is 2.07 bits per heavy atom. The number of benzene rings is 1. The number of unbranched alkanes of at least 4 members (excludes halogenated alkanes) is 3. The highest BCUT2D eigenvalue weighted by atomic mass is 35.5. The number of hydrogen-bond acceptors (Lipinski definition) is 5. The first-order valence-corrected chi connectivity index (χ1v) is 10.8. The van der Waals surface area contributed by atoms with Crippen LogP contribution in [0.15, 0.2) is 30.6 Å². The average Bonchev–Trinajstić information content (AvgIpc) is 2.73. The molecule has 0 bridgehead atoms. The van der Waals surface area contributed by atoms with Gasteiger partial charge < -0.3 is 14.5 Å². The third-order valence-electron chi connectivity index (χ3n) is 5.25. The predicted molar refractivity (Wildman–Crippen MR) is 116 cm³/mol. The molecule has 0 aliphatic carbocycles. The number of ether oxygens (including phenoxy) is 1. The molecule has 6 nitrogen and oxygen atoms in total. The summed E-state index contributed by atoms with van der Waals surface area (Å²) in [4.78, 5) is 25.0. The summed E-state index contributed by atoms with van der Waals surface area (Å²) in [5.74, 6) is 0.668. The van der Waals surface area contributed by atoms with Gasteiger partial charge in [0.1, 0.15) is 12.1 Å². The van der Waals surface area contributed by atoms with Gasteiger partial charge in [-0.25, -0.2) is 14.4 Å². The second-order valence-electron chi connectivity index (χ2n) is 7.58. The predicted octanol–water partition coefficient (Wildman–Crippen LogP) is 5.07. The van der Waals surface area contributed by atoms with Gasteiger partial charge in [0.15, 0.2) is 11.6 Å². The van der Waals surface area contributed by atoms with Crippen molar-refractivity contribution in [2.24, 2.45) is 0 Å². The zero-order valence-corrected chi connectivity index (χ0v) is 18.2. The van der Waals surface area contributed by atoms with E-state index in [1.54, 1.807) is 12.1 Å². The van der Waals surface area contributed by atoms with Crippen LogP contribution in [0.3, 0.4) is 0 Å². The zero-order chi connectivity index (χ0) is 21.5. The largest absolute Gasteiger partial charge is 0.436 e. The normalized spacial score (nSPS) is 16.6. The third kappa shape index (κ3) is 5.81. The van der Waals surface area contributed by atoms with Gasteiger partial charge in [-0.3, -0.25) is 4.79 Å². The van der Waals surface area contributed by atoms with E-state index in [2.05, 4.69) is 28.7 Å². The summed E-state index contributed by atoms with van der Waals surface area (Å²) in [6.45, 7) is 6.22. The van der Waals surface area contributed by atoms with E-state index in [1.165, 1.54) is 31.3 Å². The van der Waals surface area contributed by atoms with Gasteiger partial charge in [-0.1, -0.05) is 37.8 Å². The van der Waals surface area contributed by atoms with Crippen LogP contribution in [-0.2, 0) is 4.79 Å². The quantitative estimate of drug-likeness (QED) is 0.543. The fraction of sp³-hybridized carbons (Fsp3) is 0.500. The molecule has 1 atom stereocenters. The van der Waals surface area contributed by atoms with Crippen LogP contribution in [0.1, 0.15) is 46.0 Å². The molecule has 0 radical (unpaired) electrons. The zero-order valence-electron chi connectivity index (χ0n) is 17.5. The molecule has 2 heterocycles. The molecule has 1 aliphatic rings. The lowest BCUT2D eigenvalue weighted by molar-refractivity contribution is -0.133. The van der Waals surface area contributed by atoms with Crippen LogP contribution >= 0.6 is 11.6 Å². The molecule has 1 saturated heterocycles. The molecule has 1 aliphatic heterocycles. The second-order valence-corrected chi connectivity index (χ2v) is 8.02. The summed E-state index contributed by atoms with van der Waals surface area (Å²) in [5.41, 5.74) is 0. The molecule has 1 aromatic heterocycles. The molecule has 1 aromatic carbocycles. The monoisotopic (exact) mass is 434 g/mol. The van der Waals surface area contributed by atoms with Crippen LogP contribution < -0.4 is 9.64 Å². The fourth-order valence-corrected chi connectivity index (χ4v) is 3.77. The summed E-state index contributed by atoms with van der Waals surface area (Å²) in [7, 11) is 0. The average molecular weight is 435 g/mol. The highest BCUT2D eigenvalue weighted by Gasteiger charge is 2.28. The lowest BCUT2D eigenvalue weighted by Gasteiger charge is -2.40. The van der Waals surface area contributed by atoms with E-state index >= 15 is 0 Å². The summed E-state index contributed by atoms with van der Waals surface area (Å²) in [6.07, 6.45) is 6.41. The Morgan fingerprint density at radius 3 is 2.80 bits per heavy atom. The van der Waals surface area contributed by atoms with Gasteiger partial charge in [-0.05, 0) is 31.5 Å². The number of piperazine rings is 1. The Hall–Kier alpha value is -2.41. The van der Waals surface area contributed by atoms with Crippen molar-refractivity contribution in [2.75, 3.05) is 24.5 Å². The minimum atomic E-state index is -0.553. The smallest absolute Gasteiger partial charge is 0.224 e. The molecule has 2 aromatic rings. The van der Waals surface area contributed by atoms with Crippen LogP contribution in [0, 0.1) is 5.82 Å². The maximum absolute atomic E-state index is 14.0. The highest BCUT2D eigenvalue weighted by molar-refractivity contribution is 6.30. The first-order valence-electron chi connectivity index (χ1n) is 10.5. The van der Waals surface area contributed by atoms with Crippen molar-refractivity contribution < 1.29 is 13.9 Å². The number of rotatable bonds is 8. The molecule has 0 spiro atoms. The number of amides is 1. The molecule has 1 unspecified atom stereocenters. The Bertz CT molecular complexity index is 867. The molecule has 0 saturated carbocycles. The van der Waals surface area contributed by atoms with Gasteiger partial charge in [-0.15, -0.1) is 0 Å². The minimum Gasteiger partial charge on any atom is -0.436 e. The van der Waals surface area contributed by atoms with Crippen LogP contribution in [0.25, 0.3) is 0 Å². The van der Waals surface area contributed by atoms with E-state index < -0.39 is 5.82 Å². The molecule has 3 rings (SSSR count). The van der Waals surface area contributed by atoms with Crippen LogP contribution in [0.4, 0.5) is 10.2 Å². The lowest BCUT2D eigenvalue weighted by Crippen LogP contribution is -2.54. The number of carbonyl (C=O) groups is 1. The van der Waals surface area contributed by atoms with Gasteiger partial charge in [0.2, 0.25) is 11.8 Å². The third-order valence-corrected chi connectivity index (χ3v) is 5.49. The molecular formula is C22H28ClFN4O2. The van der Waals surface area contributed by atoms with Crippen molar-refractivity contribution in [1.82, 2.24) is 14.9 Å². The molecule has 30 heavy (non-hydrogen) atoms. The van der Waals surface area contributed by atoms with Crippen molar-refractivity contribution in [3.8, 4) is 11.6 Å².